The molecule has 6 atom stereocenters. The van der Waals surface area contributed by atoms with Gasteiger partial charge >= 0.3 is 0 Å². The lowest BCUT2D eigenvalue weighted by molar-refractivity contribution is -0.128. The number of methoxy groups -OCH3 is 1. The lowest BCUT2D eigenvalue weighted by Gasteiger charge is -2.44. The second-order valence-electron chi connectivity index (χ2n) is 8.16. The van der Waals surface area contributed by atoms with Crippen LogP contribution < -0.4 is 15.4 Å². The predicted molar refractivity (Wildman–Crippen MR) is 98.5 cm³/mol. The maximum absolute atomic E-state index is 12.6. The molecule has 3 fully saturated rings. The summed E-state index contributed by atoms with van der Waals surface area (Å²) in [6.07, 6.45) is 2.72. The molecule has 8 heteroatoms. The smallest absolute Gasteiger partial charge is 0.231 e. The zero-order valence-electron chi connectivity index (χ0n) is 15.7. The molecule has 0 radical (unpaired) electrons. The molecule has 29 heavy (non-hydrogen) atoms. The molecule has 3 N–H and O–H groups in total. The molecule has 2 aliphatic carbocycles. The van der Waals surface area contributed by atoms with Crippen LogP contribution in [0.5, 0.6) is 11.5 Å². The van der Waals surface area contributed by atoms with Crippen molar-refractivity contribution < 1.29 is 29.0 Å². The molecule has 0 unspecified atom stereocenters. The largest absolute Gasteiger partial charge is 0.504 e. The summed E-state index contributed by atoms with van der Waals surface area (Å²) < 4.78 is 5.11. The molecule has 2 saturated heterocycles. The van der Waals surface area contributed by atoms with Crippen molar-refractivity contribution in [1.29, 1.82) is 0 Å². The normalized spacial score (nSPS) is 35.3. The second-order valence-corrected chi connectivity index (χ2v) is 8.16. The van der Waals surface area contributed by atoms with E-state index >= 15 is 0 Å². The summed E-state index contributed by atoms with van der Waals surface area (Å²) in [6, 6.07) is 4.94. The standard InChI is InChI=1S/C21H20N2O6/c1-29-14-5-2-8(6-13(14)24)15-9-3-4-10-16(20(27)22-18(10)25)11(9)7-12-17(15)21(28)23-19(12)26/h2-3,5-6,10-12,15-17,24H,4,7H2,1H3,(H,22,25,27)(H,23,26,28)/t10-,11+,12+,15-,16-,17+/m0/s1. The van der Waals surface area contributed by atoms with E-state index in [-0.39, 0.29) is 35.3 Å². The molecular formula is C21H20N2O6. The summed E-state index contributed by atoms with van der Waals surface area (Å²) in [5, 5.41) is 15.1. The summed E-state index contributed by atoms with van der Waals surface area (Å²) in [5.74, 6) is -3.89. The van der Waals surface area contributed by atoms with Crippen LogP contribution in [-0.4, -0.2) is 35.8 Å². The van der Waals surface area contributed by atoms with Crippen LogP contribution in [0.4, 0.5) is 0 Å². The molecule has 0 bridgehead atoms. The molecule has 1 saturated carbocycles. The van der Waals surface area contributed by atoms with Gasteiger partial charge in [0.25, 0.3) is 0 Å². The Morgan fingerprint density at radius 2 is 1.62 bits per heavy atom. The molecule has 0 aromatic heterocycles. The van der Waals surface area contributed by atoms with Gasteiger partial charge in [0, 0.05) is 5.92 Å². The summed E-state index contributed by atoms with van der Waals surface area (Å²) >= 11 is 0. The zero-order chi connectivity index (χ0) is 20.4. The van der Waals surface area contributed by atoms with Crippen LogP contribution in [0.15, 0.2) is 29.8 Å². The van der Waals surface area contributed by atoms with Crippen molar-refractivity contribution >= 4 is 23.6 Å². The van der Waals surface area contributed by atoms with Gasteiger partial charge in [0.15, 0.2) is 11.5 Å². The van der Waals surface area contributed by atoms with Crippen molar-refractivity contribution in [3.8, 4) is 11.5 Å². The van der Waals surface area contributed by atoms with Crippen LogP contribution in [0.2, 0.25) is 0 Å². The summed E-state index contributed by atoms with van der Waals surface area (Å²) in [4.78, 5) is 49.8. The summed E-state index contributed by atoms with van der Waals surface area (Å²) in [7, 11) is 1.45. The van der Waals surface area contributed by atoms with Gasteiger partial charge in [-0.1, -0.05) is 17.7 Å². The number of hydrogen-bond acceptors (Lipinski definition) is 6. The van der Waals surface area contributed by atoms with Crippen molar-refractivity contribution in [2.45, 2.75) is 18.8 Å². The van der Waals surface area contributed by atoms with E-state index in [1.165, 1.54) is 7.11 Å². The van der Waals surface area contributed by atoms with Crippen molar-refractivity contribution in [1.82, 2.24) is 10.6 Å². The van der Waals surface area contributed by atoms with Gasteiger partial charge in [-0.2, -0.15) is 0 Å². The number of amides is 4. The number of ether oxygens (including phenoxy) is 1. The molecule has 1 aromatic carbocycles. The third-order valence-electron chi connectivity index (χ3n) is 6.90. The number of phenolic OH excluding ortho intramolecular Hbond substituents is 1. The van der Waals surface area contributed by atoms with E-state index in [9.17, 15) is 24.3 Å². The summed E-state index contributed by atoms with van der Waals surface area (Å²) in [6.45, 7) is 0. The fraction of sp³-hybridized carbons (Fsp3) is 0.429. The van der Waals surface area contributed by atoms with E-state index in [2.05, 4.69) is 10.6 Å². The topological polar surface area (TPSA) is 122 Å². The van der Waals surface area contributed by atoms with E-state index in [0.29, 0.717) is 24.2 Å². The van der Waals surface area contributed by atoms with E-state index in [1.807, 2.05) is 6.08 Å². The highest BCUT2D eigenvalue weighted by Gasteiger charge is 2.58. The molecule has 1 aromatic rings. The molecule has 2 aliphatic heterocycles. The molecule has 2 heterocycles. The number of carbonyl (C=O) groups excluding carboxylic acids is 4. The number of benzene rings is 1. The Kier molecular flexibility index (Phi) is 3.81. The number of rotatable bonds is 2. The average Bonchev–Trinajstić information content (AvgIpc) is 3.15. The Hall–Kier alpha value is -3.16. The second kappa shape index (κ2) is 6.17. The van der Waals surface area contributed by atoms with Crippen LogP contribution in [0.3, 0.4) is 0 Å². The minimum absolute atomic E-state index is 0.0588. The molecule has 8 nitrogen and oxygen atoms in total. The average molecular weight is 396 g/mol. The molecule has 5 rings (SSSR count). The van der Waals surface area contributed by atoms with E-state index < -0.39 is 29.6 Å². The highest BCUT2D eigenvalue weighted by Crippen LogP contribution is 2.56. The number of nitrogens with one attached hydrogen (secondary N) is 2. The highest BCUT2D eigenvalue weighted by molar-refractivity contribution is 6.07. The van der Waals surface area contributed by atoms with Gasteiger partial charge in [-0.3, -0.25) is 29.8 Å². The van der Waals surface area contributed by atoms with E-state index in [0.717, 1.165) is 5.57 Å². The van der Waals surface area contributed by atoms with Crippen LogP contribution in [-0.2, 0) is 19.2 Å². The number of fused-ring (bicyclic) bond motifs is 4. The first-order chi connectivity index (χ1) is 13.9. The Labute approximate surface area is 166 Å². The number of allylic oxidation sites excluding steroid dienone is 2. The van der Waals surface area contributed by atoms with Gasteiger partial charge < -0.3 is 9.84 Å². The predicted octanol–water partition coefficient (Wildman–Crippen LogP) is 0.612. The van der Waals surface area contributed by atoms with E-state index in [4.69, 9.17) is 4.74 Å². The molecule has 150 valence electrons. The van der Waals surface area contributed by atoms with Crippen LogP contribution in [0, 0.1) is 29.6 Å². The Morgan fingerprint density at radius 3 is 2.31 bits per heavy atom. The van der Waals surface area contributed by atoms with E-state index in [1.54, 1.807) is 18.2 Å². The van der Waals surface area contributed by atoms with Gasteiger partial charge in [0.2, 0.25) is 23.6 Å². The number of aromatic hydroxyl groups is 1. The van der Waals surface area contributed by atoms with Gasteiger partial charge in [0.05, 0.1) is 30.8 Å². The first-order valence-electron chi connectivity index (χ1n) is 9.67. The van der Waals surface area contributed by atoms with Crippen molar-refractivity contribution in [3.63, 3.8) is 0 Å². The fourth-order valence-electron chi connectivity index (χ4n) is 5.68. The van der Waals surface area contributed by atoms with Crippen LogP contribution in [0.1, 0.15) is 24.3 Å². The molecule has 4 amide bonds. The maximum Gasteiger partial charge on any atom is 0.231 e. The lowest BCUT2D eigenvalue weighted by atomic mass is 9.57. The molecule has 4 aliphatic rings. The van der Waals surface area contributed by atoms with Crippen molar-refractivity contribution in [3.05, 3.63) is 35.4 Å². The lowest BCUT2D eigenvalue weighted by Crippen LogP contribution is -2.42. The molecule has 0 spiro atoms. The maximum atomic E-state index is 12.6. The van der Waals surface area contributed by atoms with Crippen molar-refractivity contribution in [2.24, 2.45) is 29.6 Å². The summed E-state index contributed by atoms with van der Waals surface area (Å²) in [5.41, 5.74) is 1.58. The molecular weight excluding hydrogens is 376 g/mol. The highest BCUT2D eigenvalue weighted by atomic mass is 16.5. The zero-order valence-corrected chi connectivity index (χ0v) is 15.7. The van der Waals surface area contributed by atoms with Gasteiger partial charge in [0.1, 0.15) is 0 Å². The number of carbonyl (C=O) groups is 4. The number of hydrogen-bond donors (Lipinski definition) is 3. The quantitative estimate of drug-likeness (QED) is 0.497. The Morgan fingerprint density at radius 1 is 0.931 bits per heavy atom. The van der Waals surface area contributed by atoms with Gasteiger partial charge in [-0.05, 0) is 36.5 Å². The van der Waals surface area contributed by atoms with Gasteiger partial charge in [-0.15, -0.1) is 0 Å². The number of phenols is 1. The minimum atomic E-state index is -0.602. The van der Waals surface area contributed by atoms with Crippen LogP contribution >= 0.6 is 0 Å². The monoisotopic (exact) mass is 396 g/mol. The Balaban J connectivity index is 1.64. The minimum Gasteiger partial charge on any atom is -0.504 e. The third kappa shape index (κ3) is 2.44. The van der Waals surface area contributed by atoms with Gasteiger partial charge in [-0.25, -0.2) is 0 Å². The third-order valence-corrected chi connectivity index (χ3v) is 6.90. The van der Waals surface area contributed by atoms with Crippen molar-refractivity contribution in [2.75, 3.05) is 7.11 Å². The first-order valence-corrected chi connectivity index (χ1v) is 9.67. The first kappa shape index (κ1) is 17.9. The van der Waals surface area contributed by atoms with Crippen LogP contribution in [0.25, 0.3) is 0 Å². The number of imide groups is 2. The fourth-order valence-corrected chi connectivity index (χ4v) is 5.68. The Bertz CT molecular complexity index is 999. The SMILES string of the molecule is COc1ccc([C@H]2C3=CC[C@@H]4C(=O)NC(=O)[C@@H]4[C@@H]3C[C@H]3C(=O)NC(=O)[C@@H]23)cc1O.